The zero-order valence-electron chi connectivity index (χ0n) is 18.0. The number of rotatable bonds is 4. The SMILES string of the molecule is O=S(O)C(C1CCC(c2cn[nH]c3cnc4nccc4c23)CC1)N1CCCC(C(F)(F)F)C1. The lowest BCUT2D eigenvalue weighted by molar-refractivity contribution is -0.188. The quantitative estimate of drug-likeness (QED) is 0.529. The molecule has 33 heavy (non-hydrogen) atoms. The smallest absolute Gasteiger partial charge is 0.305 e. The fraction of sp³-hybridized carbons (Fsp3) is 0.591. The van der Waals surface area contributed by atoms with Gasteiger partial charge < -0.3 is 4.55 Å². The summed E-state index contributed by atoms with van der Waals surface area (Å²) in [6, 6.07) is 1.94. The van der Waals surface area contributed by atoms with Crippen molar-refractivity contribution in [3.8, 4) is 0 Å². The average Bonchev–Trinajstić information content (AvgIpc) is 3.28. The van der Waals surface area contributed by atoms with E-state index < -0.39 is 28.5 Å². The monoisotopic (exact) mass is 481 g/mol. The summed E-state index contributed by atoms with van der Waals surface area (Å²) in [4.78, 5) is 10.3. The van der Waals surface area contributed by atoms with E-state index in [2.05, 4.69) is 20.2 Å². The molecule has 178 valence electrons. The van der Waals surface area contributed by atoms with Crippen LogP contribution >= 0.6 is 0 Å². The standard InChI is InChI=1S/C22H26F3N5O2S/c23-22(24,25)15-2-1-9-30(12-15)21(33(31)32)14-5-3-13(4-6-14)17-10-28-29-18-11-27-20-16(19(17)18)7-8-26-20/h7-8,10-11,13-15,21,29H,1-6,9,12H2,(H,31,32). The summed E-state index contributed by atoms with van der Waals surface area (Å²) in [5.74, 6) is -1.33. The van der Waals surface area contributed by atoms with E-state index in [-0.39, 0.29) is 24.8 Å². The van der Waals surface area contributed by atoms with E-state index in [9.17, 15) is 21.9 Å². The van der Waals surface area contributed by atoms with E-state index in [4.69, 9.17) is 0 Å². The second-order valence-electron chi connectivity index (χ2n) is 9.21. The molecule has 1 saturated carbocycles. The summed E-state index contributed by atoms with van der Waals surface area (Å²) in [6.07, 6.45) is 4.43. The van der Waals surface area contributed by atoms with Crippen LogP contribution in [0.2, 0.25) is 0 Å². The third-order valence-corrected chi connectivity index (χ3v) is 8.40. The number of aromatic nitrogens is 4. The highest BCUT2D eigenvalue weighted by Gasteiger charge is 2.45. The van der Waals surface area contributed by atoms with E-state index in [1.165, 1.54) is 0 Å². The highest BCUT2D eigenvalue weighted by Crippen LogP contribution is 2.43. The van der Waals surface area contributed by atoms with E-state index >= 15 is 0 Å². The predicted molar refractivity (Wildman–Crippen MR) is 119 cm³/mol. The van der Waals surface area contributed by atoms with Gasteiger partial charge in [-0.25, -0.2) is 14.2 Å². The number of nitrogens with one attached hydrogen (secondary N) is 1. The number of piperidine rings is 1. The van der Waals surface area contributed by atoms with Gasteiger partial charge in [-0.15, -0.1) is 0 Å². The lowest BCUT2D eigenvalue weighted by Gasteiger charge is -2.42. The van der Waals surface area contributed by atoms with Crippen LogP contribution in [0.4, 0.5) is 13.2 Å². The minimum Gasteiger partial charge on any atom is -0.305 e. The Morgan fingerprint density at radius 1 is 1.15 bits per heavy atom. The van der Waals surface area contributed by atoms with Crippen molar-refractivity contribution in [3.63, 3.8) is 0 Å². The summed E-state index contributed by atoms with van der Waals surface area (Å²) in [5, 5.41) is 8.53. The molecule has 4 heterocycles. The molecule has 1 aliphatic heterocycles. The summed E-state index contributed by atoms with van der Waals surface area (Å²) >= 11 is -2.21. The van der Waals surface area contributed by atoms with Gasteiger partial charge in [0.15, 0.2) is 16.7 Å². The second kappa shape index (κ2) is 8.92. The number of fused-ring (bicyclic) bond motifs is 3. The van der Waals surface area contributed by atoms with E-state index in [0.717, 1.165) is 34.7 Å². The normalized spacial score (nSPS) is 27.1. The number of hydrogen-bond donors (Lipinski definition) is 2. The molecule has 11 heteroatoms. The van der Waals surface area contributed by atoms with Crippen molar-refractivity contribution in [3.05, 3.63) is 30.2 Å². The largest absolute Gasteiger partial charge is 0.393 e. The summed E-state index contributed by atoms with van der Waals surface area (Å²) in [5.41, 5.74) is 2.60. The molecule has 2 aliphatic rings. The molecule has 1 saturated heterocycles. The van der Waals surface area contributed by atoms with Crippen molar-refractivity contribution in [2.24, 2.45) is 11.8 Å². The maximum absolute atomic E-state index is 13.3. The summed E-state index contributed by atoms with van der Waals surface area (Å²) in [6.45, 7) is 0.236. The third-order valence-electron chi connectivity index (χ3n) is 7.31. The lowest BCUT2D eigenvalue weighted by Crippen LogP contribution is -2.51. The maximum Gasteiger partial charge on any atom is 0.393 e. The van der Waals surface area contributed by atoms with Crippen molar-refractivity contribution in [2.45, 2.75) is 56.0 Å². The lowest BCUT2D eigenvalue weighted by atomic mass is 9.77. The molecule has 0 aromatic carbocycles. The van der Waals surface area contributed by atoms with Gasteiger partial charge in [-0.3, -0.25) is 10.00 Å². The summed E-state index contributed by atoms with van der Waals surface area (Å²) < 4.78 is 62.2. The van der Waals surface area contributed by atoms with Crippen molar-refractivity contribution >= 4 is 33.0 Å². The van der Waals surface area contributed by atoms with Crippen molar-refractivity contribution in [2.75, 3.05) is 13.1 Å². The third kappa shape index (κ3) is 4.38. The van der Waals surface area contributed by atoms with Crippen LogP contribution in [0.5, 0.6) is 0 Å². The molecular formula is C22H26F3N5O2S. The number of hydrogen-bond acceptors (Lipinski definition) is 5. The van der Waals surface area contributed by atoms with Crippen LogP contribution in [0.25, 0.3) is 21.9 Å². The van der Waals surface area contributed by atoms with Gasteiger partial charge >= 0.3 is 6.18 Å². The van der Waals surface area contributed by atoms with Gasteiger partial charge in [0.25, 0.3) is 0 Å². The Labute approximate surface area is 191 Å². The Balaban J connectivity index is 1.35. The van der Waals surface area contributed by atoms with Crippen LogP contribution < -0.4 is 0 Å². The molecular weight excluding hydrogens is 455 g/mol. The molecule has 0 amide bonds. The predicted octanol–water partition coefficient (Wildman–Crippen LogP) is 4.60. The van der Waals surface area contributed by atoms with E-state index in [0.29, 0.717) is 31.5 Å². The first-order chi connectivity index (χ1) is 15.8. The molecule has 5 rings (SSSR count). The van der Waals surface area contributed by atoms with Crippen LogP contribution in [-0.2, 0) is 11.1 Å². The van der Waals surface area contributed by atoms with Gasteiger partial charge in [0.2, 0.25) is 0 Å². The van der Waals surface area contributed by atoms with Crippen molar-refractivity contribution in [1.29, 1.82) is 0 Å². The Kier molecular flexibility index (Phi) is 6.13. The first-order valence-electron chi connectivity index (χ1n) is 11.3. The molecule has 3 unspecified atom stereocenters. The van der Waals surface area contributed by atoms with Gasteiger partial charge in [-0.2, -0.15) is 18.3 Å². The Morgan fingerprint density at radius 2 is 1.94 bits per heavy atom. The first kappa shape index (κ1) is 22.7. The number of halogens is 3. The molecule has 0 spiro atoms. The van der Waals surface area contributed by atoms with Gasteiger partial charge in [-0.1, -0.05) is 0 Å². The molecule has 7 nitrogen and oxygen atoms in total. The number of nitrogens with zero attached hydrogens (tertiary/aromatic N) is 4. The van der Waals surface area contributed by atoms with Crippen LogP contribution in [0.3, 0.4) is 0 Å². The van der Waals surface area contributed by atoms with Gasteiger partial charge in [0.05, 0.1) is 23.8 Å². The maximum atomic E-state index is 13.3. The molecule has 2 N–H and O–H groups in total. The van der Waals surface area contributed by atoms with Crippen LogP contribution in [0.15, 0.2) is 24.7 Å². The Bertz CT molecular complexity index is 1160. The molecule has 0 radical (unpaired) electrons. The fourth-order valence-corrected chi connectivity index (χ4v) is 6.76. The van der Waals surface area contributed by atoms with Crippen LogP contribution in [-0.4, -0.2) is 58.5 Å². The number of H-pyrrole nitrogens is 1. The number of alkyl halides is 3. The Morgan fingerprint density at radius 3 is 2.67 bits per heavy atom. The molecule has 2 fully saturated rings. The minimum absolute atomic E-state index is 0.0858. The zero-order valence-corrected chi connectivity index (χ0v) is 18.8. The zero-order chi connectivity index (χ0) is 23.2. The number of pyridine rings is 1. The molecule has 3 atom stereocenters. The Hall–Kier alpha value is -2.11. The van der Waals surface area contributed by atoms with Crippen LogP contribution in [0, 0.1) is 11.8 Å². The van der Waals surface area contributed by atoms with E-state index in [1.54, 1.807) is 17.3 Å². The topological polar surface area (TPSA) is 95.0 Å². The average molecular weight is 482 g/mol. The molecule has 0 bridgehead atoms. The highest BCUT2D eigenvalue weighted by atomic mass is 32.2. The highest BCUT2D eigenvalue weighted by molar-refractivity contribution is 7.79. The molecule has 3 aromatic heterocycles. The fourth-order valence-electron chi connectivity index (χ4n) is 5.71. The van der Waals surface area contributed by atoms with Crippen molar-refractivity contribution in [1.82, 2.24) is 25.1 Å². The van der Waals surface area contributed by atoms with Gasteiger partial charge in [0.1, 0.15) is 5.37 Å². The second-order valence-corrected chi connectivity index (χ2v) is 10.2. The van der Waals surface area contributed by atoms with Gasteiger partial charge in [0, 0.05) is 23.5 Å². The number of likely N-dealkylation sites (tertiary alicyclic amines) is 1. The van der Waals surface area contributed by atoms with Crippen molar-refractivity contribution < 1.29 is 21.9 Å². The molecule has 1 aliphatic carbocycles. The molecule has 3 aromatic rings. The minimum atomic E-state index is -4.27. The van der Waals surface area contributed by atoms with E-state index in [1.807, 2.05) is 12.3 Å². The first-order valence-corrected chi connectivity index (χ1v) is 12.5. The summed E-state index contributed by atoms with van der Waals surface area (Å²) in [7, 11) is 0. The number of aromatic amines is 1. The van der Waals surface area contributed by atoms with Crippen LogP contribution in [0.1, 0.15) is 50.0 Å². The van der Waals surface area contributed by atoms with Gasteiger partial charge in [-0.05, 0) is 68.5 Å².